The van der Waals surface area contributed by atoms with Crippen LogP contribution in [0.15, 0.2) is 18.2 Å². The van der Waals surface area contributed by atoms with E-state index < -0.39 is 4.92 Å². The number of hydrogen-bond acceptors (Lipinski definition) is 6. The van der Waals surface area contributed by atoms with Crippen LogP contribution in [0.3, 0.4) is 0 Å². The van der Waals surface area contributed by atoms with Crippen molar-refractivity contribution in [1.82, 2.24) is 10.2 Å². The Morgan fingerprint density at radius 2 is 2.00 bits per heavy atom. The molecule has 0 saturated heterocycles. The number of non-ortho nitro benzene ring substituents is 1. The summed E-state index contributed by atoms with van der Waals surface area (Å²) >= 11 is 0. The number of nitro groups is 1. The average Bonchev–Trinajstić information content (AvgIpc) is 2.51. The van der Waals surface area contributed by atoms with Crippen LogP contribution < -0.4 is 10.2 Å². The molecule has 0 aliphatic rings. The summed E-state index contributed by atoms with van der Waals surface area (Å²) in [6.45, 7) is 2.52. The van der Waals surface area contributed by atoms with Crippen molar-refractivity contribution in [3.05, 3.63) is 33.9 Å². The van der Waals surface area contributed by atoms with Crippen LogP contribution in [-0.2, 0) is 4.74 Å². The van der Waals surface area contributed by atoms with E-state index in [1.165, 1.54) is 12.1 Å². The highest BCUT2D eigenvalue weighted by Gasteiger charge is 2.17. The maximum Gasteiger partial charge on any atom is 0.270 e. The molecular weight excluding hydrogens is 300 g/mol. The number of nitro benzene ring substituents is 1. The maximum atomic E-state index is 12.3. The van der Waals surface area contributed by atoms with Crippen molar-refractivity contribution in [1.29, 1.82) is 0 Å². The van der Waals surface area contributed by atoms with Crippen molar-refractivity contribution < 1.29 is 14.5 Å². The Kier molecular flexibility index (Phi) is 7.43. The lowest BCUT2D eigenvalue weighted by molar-refractivity contribution is -0.384. The fourth-order valence-corrected chi connectivity index (χ4v) is 2.02. The molecule has 1 N–H and O–H groups in total. The number of likely N-dealkylation sites (N-methyl/N-ethyl adjacent to an activating group) is 1. The average molecular weight is 324 g/mol. The molecule has 0 aliphatic carbocycles. The van der Waals surface area contributed by atoms with Crippen LogP contribution >= 0.6 is 0 Å². The number of hydrogen-bond donors (Lipinski definition) is 1. The highest BCUT2D eigenvalue weighted by molar-refractivity contribution is 6.00. The van der Waals surface area contributed by atoms with Crippen molar-refractivity contribution in [3.63, 3.8) is 0 Å². The lowest BCUT2D eigenvalue weighted by atomic mass is 10.1. The second-order valence-electron chi connectivity index (χ2n) is 5.40. The third kappa shape index (κ3) is 5.84. The molecule has 8 nitrogen and oxygen atoms in total. The predicted molar refractivity (Wildman–Crippen MR) is 89.1 cm³/mol. The summed E-state index contributed by atoms with van der Waals surface area (Å²) in [5.74, 6) is -0.322. The van der Waals surface area contributed by atoms with Gasteiger partial charge in [-0.05, 0) is 13.1 Å². The number of anilines is 1. The lowest BCUT2D eigenvalue weighted by Crippen LogP contribution is -2.35. The summed E-state index contributed by atoms with van der Waals surface area (Å²) in [6.07, 6.45) is 0. The predicted octanol–water partition coefficient (Wildman–Crippen LogP) is 0.969. The Labute approximate surface area is 136 Å². The van der Waals surface area contributed by atoms with E-state index >= 15 is 0 Å². The van der Waals surface area contributed by atoms with Crippen LogP contribution in [0, 0.1) is 10.1 Å². The van der Waals surface area contributed by atoms with E-state index in [1.54, 1.807) is 32.2 Å². The summed E-state index contributed by atoms with van der Waals surface area (Å²) in [7, 11) is 7.15. The fraction of sp³-hybridized carbons (Fsp3) is 0.533. The minimum atomic E-state index is -0.505. The molecule has 0 bridgehead atoms. The number of rotatable bonds is 9. The van der Waals surface area contributed by atoms with Gasteiger partial charge in [-0.3, -0.25) is 14.9 Å². The molecule has 0 spiro atoms. The minimum Gasteiger partial charge on any atom is -0.383 e. The van der Waals surface area contributed by atoms with E-state index in [1.807, 2.05) is 11.9 Å². The van der Waals surface area contributed by atoms with Gasteiger partial charge in [-0.25, -0.2) is 0 Å². The molecule has 1 aromatic carbocycles. The number of carbonyl (C=O) groups is 1. The molecule has 1 aromatic rings. The molecule has 0 atom stereocenters. The molecule has 0 aliphatic heterocycles. The molecule has 0 heterocycles. The molecule has 0 saturated carbocycles. The van der Waals surface area contributed by atoms with Gasteiger partial charge in [0.25, 0.3) is 11.6 Å². The molecule has 8 heteroatoms. The van der Waals surface area contributed by atoms with Crippen LogP contribution in [0.5, 0.6) is 0 Å². The van der Waals surface area contributed by atoms with Crippen molar-refractivity contribution in [2.24, 2.45) is 0 Å². The van der Waals surface area contributed by atoms with Gasteiger partial charge in [-0.1, -0.05) is 0 Å². The van der Waals surface area contributed by atoms with Crippen LogP contribution in [-0.4, -0.2) is 70.2 Å². The van der Waals surface area contributed by atoms with Crippen molar-refractivity contribution in [3.8, 4) is 0 Å². The third-order valence-corrected chi connectivity index (χ3v) is 3.37. The van der Waals surface area contributed by atoms with Gasteiger partial charge in [0.05, 0.1) is 17.1 Å². The number of nitrogens with one attached hydrogen (secondary N) is 1. The minimum absolute atomic E-state index is 0.0991. The van der Waals surface area contributed by atoms with Gasteiger partial charge in [0.15, 0.2) is 0 Å². The van der Waals surface area contributed by atoms with Gasteiger partial charge in [-0.2, -0.15) is 0 Å². The molecule has 128 valence electrons. The van der Waals surface area contributed by atoms with Gasteiger partial charge in [0.2, 0.25) is 0 Å². The lowest BCUT2D eigenvalue weighted by Gasteiger charge is -2.18. The second-order valence-corrected chi connectivity index (χ2v) is 5.40. The summed E-state index contributed by atoms with van der Waals surface area (Å²) in [5, 5.41) is 13.7. The first-order valence-electron chi connectivity index (χ1n) is 7.28. The largest absolute Gasteiger partial charge is 0.383 e. The van der Waals surface area contributed by atoms with Crippen LogP contribution in [0.2, 0.25) is 0 Å². The fourth-order valence-electron chi connectivity index (χ4n) is 2.02. The Bertz CT molecular complexity index is 548. The van der Waals surface area contributed by atoms with Crippen molar-refractivity contribution in [2.45, 2.75) is 0 Å². The molecule has 1 amide bonds. The Hall–Kier alpha value is -2.19. The molecule has 0 fully saturated rings. The van der Waals surface area contributed by atoms with Crippen LogP contribution in [0.4, 0.5) is 11.4 Å². The Balaban J connectivity index is 2.74. The highest BCUT2D eigenvalue weighted by atomic mass is 16.6. The van der Waals surface area contributed by atoms with Crippen LogP contribution in [0.1, 0.15) is 10.4 Å². The standard InChI is InChI=1S/C15H24N4O4/c1-17(2)14-6-5-12(19(21)22)11-13(14)15(20)16-7-8-18(3)9-10-23-4/h5-6,11H,7-10H2,1-4H3,(H,16,20). The first-order chi connectivity index (χ1) is 10.9. The van der Waals surface area contributed by atoms with Gasteiger partial charge in [0.1, 0.15) is 0 Å². The first kappa shape index (κ1) is 18.9. The van der Waals surface area contributed by atoms with Crippen molar-refractivity contribution >= 4 is 17.3 Å². The molecule has 0 radical (unpaired) electrons. The van der Waals surface area contributed by atoms with E-state index in [0.29, 0.717) is 30.9 Å². The number of methoxy groups -OCH3 is 1. The van der Waals surface area contributed by atoms with E-state index in [4.69, 9.17) is 4.74 Å². The zero-order chi connectivity index (χ0) is 17.4. The summed E-state index contributed by atoms with van der Waals surface area (Å²) in [6, 6.07) is 4.28. The zero-order valence-electron chi connectivity index (χ0n) is 14.0. The molecular formula is C15H24N4O4. The number of amides is 1. The van der Waals surface area contributed by atoms with E-state index in [0.717, 1.165) is 6.54 Å². The topological polar surface area (TPSA) is 87.9 Å². The van der Waals surface area contributed by atoms with Gasteiger partial charge < -0.3 is 19.9 Å². The van der Waals surface area contributed by atoms with E-state index in [2.05, 4.69) is 5.32 Å². The number of ether oxygens (including phenoxy) is 1. The number of nitrogens with zero attached hydrogens (tertiary/aromatic N) is 3. The Morgan fingerprint density at radius 1 is 1.30 bits per heavy atom. The van der Waals surface area contributed by atoms with E-state index in [-0.39, 0.29) is 11.6 Å². The van der Waals surface area contributed by atoms with Gasteiger partial charge in [-0.15, -0.1) is 0 Å². The number of benzene rings is 1. The zero-order valence-corrected chi connectivity index (χ0v) is 14.0. The quantitative estimate of drug-likeness (QED) is 0.538. The first-order valence-corrected chi connectivity index (χ1v) is 7.28. The highest BCUT2D eigenvalue weighted by Crippen LogP contribution is 2.24. The van der Waals surface area contributed by atoms with Gasteiger partial charge in [0, 0.05) is 58.7 Å². The van der Waals surface area contributed by atoms with Crippen molar-refractivity contribution in [2.75, 3.05) is 59.4 Å². The second kappa shape index (κ2) is 9.06. The molecule has 23 heavy (non-hydrogen) atoms. The maximum absolute atomic E-state index is 12.3. The van der Waals surface area contributed by atoms with Gasteiger partial charge >= 0.3 is 0 Å². The number of carbonyl (C=O) groups excluding carboxylic acids is 1. The normalized spacial score (nSPS) is 10.7. The molecule has 1 rings (SSSR count). The molecule has 0 unspecified atom stereocenters. The summed E-state index contributed by atoms with van der Waals surface area (Å²) in [5.41, 5.74) is 0.836. The summed E-state index contributed by atoms with van der Waals surface area (Å²) < 4.78 is 4.99. The third-order valence-electron chi connectivity index (χ3n) is 3.37. The Morgan fingerprint density at radius 3 is 2.57 bits per heavy atom. The SMILES string of the molecule is COCCN(C)CCNC(=O)c1cc([N+](=O)[O-])ccc1N(C)C. The summed E-state index contributed by atoms with van der Waals surface area (Å²) in [4.78, 5) is 26.5. The monoisotopic (exact) mass is 324 g/mol. The van der Waals surface area contributed by atoms with E-state index in [9.17, 15) is 14.9 Å². The van der Waals surface area contributed by atoms with Crippen LogP contribution in [0.25, 0.3) is 0 Å². The smallest absolute Gasteiger partial charge is 0.270 e. The molecule has 0 aromatic heterocycles.